The van der Waals surface area contributed by atoms with Crippen molar-refractivity contribution in [2.24, 2.45) is 0 Å². The highest BCUT2D eigenvalue weighted by Crippen LogP contribution is 2.24. The van der Waals surface area contributed by atoms with Gasteiger partial charge in [-0.1, -0.05) is 18.7 Å². The lowest BCUT2D eigenvalue weighted by molar-refractivity contribution is -0.142. The molecule has 0 spiro atoms. The number of thioether (sulfide) groups is 1. The molecule has 1 amide bonds. The van der Waals surface area contributed by atoms with E-state index < -0.39 is 22.7 Å². The molecule has 0 radical (unpaired) electrons. The number of hydrogen-bond donors (Lipinski definition) is 3. The molecule has 0 aliphatic rings. The van der Waals surface area contributed by atoms with Gasteiger partial charge in [-0.15, -0.1) is 0 Å². The van der Waals surface area contributed by atoms with Crippen LogP contribution in [0.4, 0.5) is 11.5 Å². The standard InChI is InChI=1S/C15H18N4O5S/c1-3-9(14(22)23-4-2)25-15-18-11(16)10(13(21)19-15)17-12(20)8-6-5-7-24-8/h5-7,9H,3-4H2,1-2H3,(H,17,20)(H3,16,18,19,21)/t9-/m1/s1. The number of nitrogen functional groups attached to an aromatic ring is 1. The predicted molar refractivity (Wildman–Crippen MR) is 92.5 cm³/mol. The second-order valence-corrected chi connectivity index (χ2v) is 6.02. The SMILES string of the molecule is CCOC(=O)[C@@H](CC)Sc1nc(N)c(NC(=O)c2ccco2)c(=O)[nH]1. The van der Waals surface area contributed by atoms with Crippen LogP contribution in [0.2, 0.25) is 0 Å². The molecule has 134 valence electrons. The molecule has 25 heavy (non-hydrogen) atoms. The van der Waals surface area contributed by atoms with Gasteiger partial charge in [0.2, 0.25) is 0 Å². The van der Waals surface area contributed by atoms with Crippen LogP contribution < -0.4 is 16.6 Å². The van der Waals surface area contributed by atoms with E-state index in [1.807, 2.05) is 6.92 Å². The summed E-state index contributed by atoms with van der Waals surface area (Å²) in [6, 6.07) is 2.99. The first-order chi connectivity index (χ1) is 12.0. The number of H-pyrrole nitrogens is 1. The highest BCUT2D eigenvalue weighted by molar-refractivity contribution is 8.00. The predicted octanol–water partition coefficient (Wildman–Crippen LogP) is 1.63. The first-order valence-electron chi connectivity index (χ1n) is 7.54. The average Bonchev–Trinajstić information content (AvgIpc) is 3.10. The number of ether oxygens (including phenoxy) is 1. The maximum absolute atomic E-state index is 12.2. The lowest BCUT2D eigenvalue weighted by atomic mass is 10.3. The van der Waals surface area contributed by atoms with Gasteiger partial charge in [-0.25, -0.2) is 4.98 Å². The molecular weight excluding hydrogens is 348 g/mol. The number of rotatable bonds is 7. The minimum Gasteiger partial charge on any atom is -0.465 e. The Kier molecular flexibility index (Phi) is 6.23. The van der Waals surface area contributed by atoms with Crippen molar-refractivity contribution < 1.29 is 18.7 Å². The number of carbonyl (C=O) groups is 2. The first-order valence-corrected chi connectivity index (χ1v) is 8.42. The molecule has 0 fully saturated rings. The Balaban J connectivity index is 2.18. The van der Waals surface area contributed by atoms with Crippen LogP contribution in [0.3, 0.4) is 0 Å². The number of amides is 1. The third-order valence-corrected chi connectivity index (χ3v) is 4.31. The number of esters is 1. The van der Waals surface area contributed by atoms with E-state index in [9.17, 15) is 14.4 Å². The first kappa shape index (κ1) is 18.6. The molecule has 2 heterocycles. The van der Waals surface area contributed by atoms with Crippen molar-refractivity contribution >= 4 is 35.1 Å². The number of nitrogens with two attached hydrogens (primary N) is 1. The van der Waals surface area contributed by atoms with Gasteiger partial charge in [0.05, 0.1) is 12.9 Å². The molecule has 0 aliphatic heterocycles. The minimum atomic E-state index is -0.631. The summed E-state index contributed by atoms with van der Waals surface area (Å²) < 4.78 is 9.91. The van der Waals surface area contributed by atoms with Crippen molar-refractivity contribution in [3.8, 4) is 0 Å². The molecule has 0 bridgehead atoms. The van der Waals surface area contributed by atoms with Crippen molar-refractivity contribution in [1.82, 2.24) is 9.97 Å². The number of nitrogens with zero attached hydrogens (tertiary/aromatic N) is 1. The number of anilines is 2. The highest BCUT2D eigenvalue weighted by atomic mass is 32.2. The number of furan rings is 1. The summed E-state index contributed by atoms with van der Waals surface area (Å²) in [6.45, 7) is 3.79. The van der Waals surface area contributed by atoms with Crippen molar-refractivity contribution in [1.29, 1.82) is 0 Å². The molecule has 0 aromatic carbocycles. The Hall–Kier alpha value is -2.75. The van der Waals surface area contributed by atoms with Crippen molar-refractivity contribution in [2.75, 3.05) is 17.7 Å². The summed E-state index contributed by atoms with van der Waals surface area (Å²) in [5, 5.41) is 2.00. The molecule has 4 N–H and O–H groups in total. The van der Waals surface area contributed by atoms with Crippen LogP contribution in [-0.4, -0.2) is 33.7 Å². The Bertz CT molecular complexity index is 803. The van der Waals surface area contributed by atoms with Gasteiger partial charge in [-0.2, -0.15) is 0 Å². The number of hydrogen-bond acceptors (Lipinski definition) is 8. The normalized spacial score (nSPS) is 11.8. The second kappa shape index (κ2) is 8.38. The van der Waals surface area contributed by atoms with E-state index in [0.29, 0.717) is 6.42 Å². The number of aromatic amines is 1. The summed E-state index contributed by atoms with van der Waals surface area (Å²) in [5.41, 5.74) is 4.95. The van der Waals surface area contributed by atoms with E-state index in [4.69, 9.17) is 14.9 Å². The fourth-order valence-electron chi connectivity index (χ4n) is 1.90. The zero-order valence-electron chi connectivity index (χ0n) is 13.7. The van der Waals surface area contributed by atoms with Gasteiger partial charge in [0.25, 0.3) is 11.5 Å². The molecule has 9 nitrogen and oxygen atoms in total. The van der Waals surface area contributed by atoms with Crippen LogP contribution in [0, 0.1) is 0 Å². The number of aromatic nitrogens is 2. The lowest BCUT2D eigenvalue weighted by Crippen LogP contribution is -2.24. The van der Waals surface area contributed by atoms with Gasteiger partial charge < -0.3 is 20.2 Å². The van der Waals surface area contributed by atoms with Crippen LogP contribution in [0.1, 0.15) is 30.8 Å². The molecule has 2 aromatic rings. The maximum Gasteiger partial charge on any atom is 0.319 e. The zero-order chi connectivity index (χ0) is 18.4. The Morgan fingerprint density at radius 1 is 1.48 bits per heavy atom. The Morgan fingerprint density at radius 2 is 2.24 bits per heavy atom. The molecule has 10 heteroatoms. The van der Waals surface area contributed by atoms with E-state index in [2.05, 4.69) is 15.3 Å². The molecule has 0 saturated heterocycles. The van der Waals surface area contributed by atoms with Gasteiger partial charge in [0.1, 0.15) is 5.25 Å². The zero-order valence-corrected chi connectivity index (χ0v) is 14.5. The van der Waals surface area contributed by atoms with Crippen LogP contribution in [0.15, 0.2) is 32.8 Å². The Labute approximate surface area is 147 Å². The van der Waals surface area contributed by atoms with Gasteiger partial charge in [0, 0.05) is 0 Å². The van der Waals surface area contributed by atoms with Crippen LogP contribution in [0.25, 0.3) is 0 Å². The van der Waals surface area contributed by atoms with Crippen LogP contribution in [-0.2, 0) is 9.53 Å². The smallest absolute Gasteiger partial charge is 0.319 e. The molecule has 1 atom stereocenters. The second-order valence-electron chi connectivity index (χ2n) is 4.83. The third-order valence-electron chi connectivity index (χ3n) is 3.08. The molecule has 0 aliphatic carbocycles. The Morgan fingerprint density at radius 3 is 2.80 bits per heavy atom. The van der Waals surface area contributed by atoms with Gasteiger partial charge in [0.15, 0.2) is 22.4 Å². The van der Waals surface area contributed by atoms with E-state index >= 15 is 0 Å². The molecule has 0 unspecified atom stereocenters. The summed E-state index contributed by atoms with van der Waals surface area (Å²) in [5.74, 6) is -1.15. The van der Waals surface area contributed by atoms with Crippen LogP contribution >= 0.6 is 11.8 Å². The molecular formula is C15H18N4O5S. The fraction of sp³-hybridized carbons (Fsp3) is 0.333. The topological polar surface area (TPSA) is 140 Å². The minimum absolute atomic E-state index is 0.0330. The lowest BCUT2D eigenvalue weighted by Gasteiger charge is -2.13. The van der Waals surface area contributed by atoms with E-state index in [0.717, 1.165) is 11.8 Å². The number of carbonyl (C=O) groups excluding carboxylic acids is 2. The quantitative estimate of drug-likeness (QED) is 0.381. The van der Waals surface area contributed by atoms with Crippen molar-refractivity contribution in [3.05, 3.63) is 34.5 Å². The monoisotopic (exact) mass is 366 g/mol. The maximum atomic E-state index is 12.2. The molecule has 0 saturated carbocycles. The largest absolute Gasteiger partial charge is 0.465 e. The third kappa shape index (κ3) is 4.63. The number of nitrogens with one attached hydrogen (secondary N) is 2. The van der Waals surface area contributed by atoms with Crippen LogP contribution in [0.5, 0.6) is 0 Å². The van der Waals surface area contributed by atoms with Crippen molar-refractivity contribution in [3.63, 3.8) is 0 Å². The van der Waals surface area contributed by atoms with Gasteiger partial charge >= 0.3 is 5.97 Å². The fourth-order valence-corrected chi connectivity index (χ4v) is 2.80. The average molecular weight is 366 g/mol. The summed E-state index contributed by atoms with van der Waals surface area (Å²) in [6.07, 6.45) is 1.82. The van der Waals surface area contributed by atoms with Crippen molar-refractivity contribution in [2.45, 2.75) is 30.7 Å². The van der Waals surface area contributed by atoms with Gasteiger partial charge in [-0.05, 0) is 25.5 Å². The summed E-state index contributed by atoms with van der Waals surface area (Å²) in [4.78, 5) is 42.5. The van der Waals surface area contributed by atoms with Gasteiger partial charge in [-0.3, -0.25) is 19.4 Å². The van der Waals surface area contributed by atoms with E-state index in [1.54, 1.807) is 13.0 Å². The summed E-state index contributed by atoms with van der Waals surface area (Å²) >= 11 is 1.04. The molecule has 2 rings (SSSR count). The van der Waals surface area contributed by atoms with E-state index in [1.165, 1.54) is 12.3 Å². The highest BCUT2D eigenvalue weighted by Gasteiger charge is 2.22. The summed E-state index contributed by atoms with van der Waals surface area (Å²) in [7, 11) is 0. The van der Waals surface area contributed by atoms with E-state index in [-0.39, 0.29) is 29.0 Å². The molecule has 2 aromatic heterocycles.